The van der Waals surface area contributed by atoms with E-state index in [0.717, 1.165) is 19.3 Å². The molecule has 1 rings (SSSR count). The molecule has 0 aliphatic carbocycles. The number of amides is 1. The maximum atomic E-state index is 12.1. The molecule has 6 nitrogen and oxygen atoms in total. The highest BCUT2D eigenvalue weighted by Crippen LogP contribution is 2.19. The zero-order valence-electron chi connectivity index (χ0n) is 11.3. The van der Waals surface area contributed by atoms with Crippen molar-refractivity contribution < 1.29 is 9.72 Å². The summed E-state index contributed by atoms with van der Waals surface area (Å²) < 4.78 is 0.556. The fraction of sp³-hybridized carbons (Fsp3) is 0.462. The maximum Gasteiger partial charge on any atom is 0.270 e. The van der Waals surface area contributed by atoms with Gasteiger partial charge in [0.2, 0.25) is 0 Å². The molecule has 0 bridgehead atoms. The molecule has 110 valence electrons. The van der Waals surface area contributed by atoms with Crippen molar-refractivity contribution in [2.45, 2.75) is 32.2 Å². The third-order valence-corrected chi connectivity index (χ3v) is 3.83. The Kier molecular flexibility index (Phi) is 6.86. The average molecular weight is 391 g/mol. The molecule has 0 aromatic heterocycles. The third kappa shape index (κ3) is 4.71. The maximum absolute atomic E-state index is 12.1. The van der Waals surface area contributed by atoms with Crippen LogP contribution in [0, 0.1) is 13.7 Å². The van der Waals surface area contributed by atoms with Gasteiger partial charge in [-0.15, -0.1) is 0 Å². The molecule has 3 N–H and O–H groups in total. The van der Waals surface area contributed by atoms with Crippen LogP contribution in [-0.4, -0.2) is 23.4 Å². The Bertz CT molecular complexity index is 494. The molecule has 20 heavy (non-hydrogen) atoms. The van der Waals surface area contributed by atoms with Crippen LogP contribution in [0.15, 0.2) is 18.2 Å². The van der Waals surface area contributed by atoms with Gasteiger partial charge in [-0.3, -0.25) is 14.9 Å². The molecule has 1 aromatic carbocycles. The Morgan fingerprint density at radius 3 is 2.75 bits per heavy atom. The number of benzene rings is 1. The minimum Gasteiger partial charge on any atom is -0.348 e. The fourth-order valence-electron chi connectivity index (χ4n) is 1.76. The molecule has 0 fully saturated rings. The summed E-state index contributed by atoms with van der Waals surface area (Å²) in [5, 5.41) is 13.5. The van der Waals surface area contributed by atoms with E-state index in [1.54, 1.807) is 0 Å². The summed E-state index contributed by atoms with van der Waals surface area (Å²) in [6.07, 6.45) is 2.88. The number of carbonyl (C=O) groups excluding carboxylic acids is 1. The van der Waals surface area contributed by atoms with Gasteiger partial charge in [-0.25, -0.2) is 0 Å². The van der Waals surface area contributed by atoms with Gasteiger partial charge in [0.05, 0.1) is 10.5 Å². The van der Waals surface area contributed by atoms with E-state index in [4.69, 9.17) is 5.73 Å². The second-order valence-corrected chi connectivity index (χ2v) is 5.63. The number of carbonyl (C=O) groups is 1. The second kappa shape index (κ2) is 8.15. The van der Waals surface area contributed by atoms with Crippen LogP contribution in [0.2, 0.25) is 0 Å². The van der Waals surface area contributed by atoms with E-state index < -0.39 is 4.92 Å². The Morgan fingerprint density at radius 2 is 2.25 bits per heavy atom. The van der Waals surface area contributed by atoms with Crippen molar-refractivity contribution >= 4 is 34.2 Å². The number of unbranched alkanes of at least 4 members (excludes halogenated alkanes) is 1. The fourth-order valence-corrected chi connectivity index (χ4v) is 2.51. The van der Waals surface area contributed by atoms with Crippen LogP contribution in [0.5, 0.6) is 0 Å². The van der Waals surface area contributed by atoms with Crippen molar-refractivity contribution in [3.8, 4) is 0 Å². The number of hydrogen-bond donors (Lipinski definition) is 2. The number of halogens is 1. The Hall–Kier alpha value is -1.22. The predicted octanol–water partition coefficient (Wildman–Crippen LogP) is 2.45. The molecule has 0 heterocycles. The van der Waals surface area contributed by atoms with Gasteiger partial charge in [-0.2, -0.15) is 0 Å². The van der Waals surface area contributed by atoms with Gasteiger partial charge in [0.25, 0.3) is 11.6 Å². The van der Waals surface area contributed by atoms with Gasteiger partial charge < -0.3 is 11.1 Å². The normalized spacial score (nSPS) is 11.9. The van der Waals surface area contributed by atoms with E-state index in [-0.39, 0.29) is 17.6 Å². The van der Waals surface area contributed by atoms with Gasteiger partial charge in [0, 0.05) is 28.3 Å². The first kappa shape index (κ1) is 16.8. The number of nitrogens with one attached hydrogen (secondary N) is 1. The van der Waals surface area contributed by atoms with E-state index in [1.807, 2.05) is 22.6 Å². The predicted molar refractivity (Wildman–Crippen MR) is 85.6 cm³/mol. The lowest BCUT2D eigenvalue weighted by atomic mass is 10.1. The lowest BCUT2D eigenvalue weighted by Crippen LogP contribution is -2.40. The molecular formula is C13H18IN3O3. The van der Waals surface area contributed by atoms with Gasteiger partial charge in [0.1, 0.15) is 0 Å². The number of nitrogens with two attached hydrogens (primary N) is 1. The number of hydrogen-bond acceptors (Lipinski definition) is 4. The Balaban J connectivity index is 2.79. The SMILES string of the molecule is CCCCC(CN)NC(=O)c1ccc([N+](=O)[O-])cc1I. The van der Waals surface area contributed by atoms with Crippen molar-refractivity contribution in [3.63, 3.8) is 0 Å². The number of nitro groups is 1. The summed E-state index contributed by atoms with van der Waals surface area (Å²) in [5.41, 5.74) is 6.05. The van der Waals surface area contributed by atoms with Crippen LogP contribution in [0.25, 0.3) is 0 Å². The molecular weight excluding hydrogens is 373 g/mol. The first-order valence-corrected chi connectivity index (χ1v) is 7.52. The number of non-ortho nitro benzene ring substituents is 1. The zero-order valence-corrected chi connectivity index (χ0v) is 13.4. The lowest BCUT2D eigenvalue weighted by Gasteiger charge is -2.16. The summed E-state index contributed by atoms with van der Waals surface area (Å²) >= 11 is 1.93. The lowest BCUT2D eigenvalue weighted by molar-refractivity contribution is -0.384. The highest BCUT2D eigenvalue weighted by atomic mass is 127. The van der Waals surface area contributed by atoms with Crippen molar-refractivity contribution in [3.05, 3.63) is 37.4 Å². The molecule has 1 unspecified atom stereocenters. The summed E-state index contributed by atoms with van der Waals surface area (Å²) in [5.74, 6) is -0.240. The van der Waals surface area contributed by atoms with Crippen LogP contribution in [0.3, 0.4) is 0 Å². The van der Waals surface area contributed by atoms with Gasteiger partial charge in [0.15, 0.2) is 0 Å². The van der Waals surface area contributed by atoms with Crippen LogP contribution < -0.4 is 11.1 Å². The van der Waals surface area contributed by atoms with E-state index in [2.05, 4.69) is 12.2 Å². The second-order valence-electron chi connectivity index (χ2n) is 4.47. The van der Waals surface area contributed by atoms with Crippen LogP contribution >= 0.6 is 22.6 Å². The van der Waals surface area contributed by atoms with E-state index in [0.29, 0.717) is 15.7 Å². The number of rotatable bonds is 7. The molecule has 1 atom stereocenters. The highest BCUT2D eigenvalue weighted by Gasteiger charge is 2.17. The van der Waals surface area contributed by atoms with E-state index >= 15 is 0 Å². The molecule has 0 aliphatic rings. The summed E-state index contributed by atoms with van der Waals surface area (Å²) in [4.78, 5) is 22.3. The largest absolute Gasteiger partial charge is 0.348 e. The van der Waals surface area contributed by atoms with Crippen molar-refractivity contribution in [2.75, 3.05) is 6.54 Å². The smallest absolute Gasteiger partial charge is 0.270 e. The Morgan fingerprint density at radius 1 is 1.55 bits per heavy atom. The topological polar surface area (TPSA) is 98.3 Å². The van der Waals surface area contributed by atoms with E-state index in [9.17, 15) is 14.9 Å². The zero-order chi connectivity index (χ0) is 15.1. The van der Waals surface area contributed by atoms with Crippen molar-refractivity contribution in [1.29, 1.82) is 0 Å². The van der Waals surface area contributed by atoms with Crippen LogP contribution in [0.1, 0.15) is 36.5 Å². The van der Waals surface area contributed by atoms with Gasteiger partial charge in [-0.1, -0.05) is 19.8 Å². The third-order valence-electron chi connectivity index (χ3n) is 2.93. The van der Waals surface area contributed by atoms with Crippen molar-refractivity contribution in [1.82, 2.24) is 5.32 Å². The quantitative estimate of drug-likeness (QED) is 0.424. The molecule has 0 radical (unpaired) electrons. The van der Waals surface area contributed by atoms with Crippen LogP contribution in [-0.2, 0) is 0 Å². The Labute approximate surface area is 131 Å². The molecule has 0 aliphatic heterocycles. The average Bonchev–Trinajstić information content (AvgIpc) is 2.42. The minimum atomic E-state index is -0.478. The standard InChI is InChI=1S/C13H18IN3O3/c1-2-3-4-9(8-15)16-13(18)11-6-5-10(17(19)20)7-12(11)14/h5-7,9H,2-4,8,15H2,1H3,(H,16,18). The molecule has 1 amide bonds. The van der Waals surface area contributed by atoms with Gasteiger partial charge >= 0.3 is 0 Å². The number of nitrogens with zero attached hydrogens (tertiary/aromatic N) is 1. The molecule has 1 aromatic rings. The minimum absolute atomic E-state index is 0.0210. The summed E-state index contributed by atoms with van der Waals surface area (Å²) in [6, 6.07) is 4.13. The monoisotopic (exact) mass is 391 g/mol. The van der Waals surface area contributed by atoms with E-state index in [1.165, 1.54) is 18.2 Å². The molecule has 0 saturated carbocycles. The van der Waals surface area contributed by atoms with Gasteiger partial charge in [-0.05, 0) is 35.1 Å². The van der Waals surface area contributed by atoms with Crippen molar-refractivity contribution in [2.24, 2.45) is 5.73 Å². The van der Waals surface area contributed by atoms with Crippen LogP contribution in [0.4, 0.5) is 5.69 Å². The summed E-state index contributed by atoms with van der Waals surface area (Å²) in [6.45, 7) is 2.46. The summed E-state index contributed by atoms with van der Waals surface area (Å²) in [7, 11) is 0. The first-order valence-electron chi connectivity index (χ1n) is 6.44. The molecule has 7 heteroatoms. The number of nitro benzene ring substituents is 1. The molecule has 0 spiro atoms. The molecule has 0 saturated heterocycles. The first-order chi connectivity index (χ1) is 9.49. The highest BCUT2D eigenvalue weighted by molar-refractivity contribution is 14.1.